The number of Topliss-reactive ketones (excluding diaryl/α,β-unsaturated/α-hetero) is 1. The minimum absolute atomic E-state index is 0.0677. The van der Waals surface area contributed by atoms with Gasteiger partial charge in [-0.2, -0.15) is 0 Å². The van der Waals surface area contributed by atoms with Gasteiger partial charge in [-0.3, -0.25) is 4.79 Å². The summed E-state index contributed by atoms with van der Waals surface area (Å²) in [5, 5.41) is 0. The van der Waals surface area contributed by atoms with Gasteiger partial charge in [0, 0.05) is 32.2 Å². The third-order valence-corrected chi connectivity index (χ3v) is 5.34. The highest BCUT2D eigenvalue weighted by Crippen LogP contribution is 2.39. The van der Waals surface area contributed by atoms with Gasteiger partial charge in [-0.15, -0.1) is 0 Å². The van der Waals surface area contributed by atoms with E-state index in [0.29, 0.717) is 18.1 Å². The minimum atomic E-state index is -0.0677. The highest BCUT2D eigenvalue weighted by molar-refractivity contribution is 5.81. The number of rotatable bonds is 3. The first kappa shape index (κ1) is 16.0. The van der Waals surface area contributed by atoms with E-state index in [1.54, 1.807) is 0 Å². The Hall–Kier alpha value is -0.410. The van der Waals surface area contributed by atoms with Gasteiger partial charge in [0.25, 0.3) is 0 Å². The van der Waals surface area contributed by atoms with E-state index in [1.807, 2.05) is 0 Å². The van der Waals surface area contributed by atoms with Crippen LogP contribution in [-0.4, -0.2) is 31.2 Å². The second-order valence-corrected chi connectivity index (χ2v) is 7.77. The molecule has 1 spiro atoms. The maximum absolute atomic E-state index is 12.6. The first-order chi connectivity index (χ1) is 9.32. The average molecular weight is 282 g/mol. The number of carbonyl (C=O) groups excluding carboxylic acids is 1. The lowest BCUT2D eigenvalue weighted by atomic mass is 9.74. The number of hydrogen-bond donors (Lipinski definition) is 0. The van der Waals surface area contributed by atoms with Crippen molar-refractivity contribution in [2.45, 2.75) is 65.4 Å². The molecule has 0 saturated carbocycles. The van der Waals surface area contributed by atoms with Crippen LogP contribution >= 0.6 is 0 Å². The molecule has 0 aromatic carbocycles. The van der Waals surface area contributed by atoms with Gasteiger partial charge in [0.2, 0.25) is 0 Å². The van der Waals surface area contributed by atoms with Gasteiger partial charge in [-0.25, -0.2) is 0 Å². The van der Waals surface area contributed by atoms with Crippen LogP contribution in [-0.2, 0) is 14.3 Å². The fourth-order valence-electron chi connectivity index (χ4n) is 3.17. The molecule has 116 valence electrons. The molecule has 0 bridgehead atoms. The van der Waals surface area contributed by atoms with Gasteiger partial charge in [0.15, 0.2) is 0 Å². The largest absolute Gasteiger partial charge is 0.381 e. The van der Waals surface area contributed by atoms with Crippen LogP contribution in [0.1, 0.15) is 59.8 Å². The predicted octanol–water partition coefficient (Wildman–Crippen LogP) is 3.60. The quantitative estimate of drug-likeness (QED) is 0.793. The van der Waals surface area contributed by atoms with Crippen LogP contribution in [0.5, 0.6) is 0 Å². The molecule has 0 aromatic heterocycles. The zero-order chi connectivity index (χ0) is 14.8. The topological polar surface area (TPSA) is 35.5 Å². The summed E-state index contributed by atoms with van der Waals surface area (Å²) in [4.78, 5) is 12.6. The van der Waals surface area contributed by atoms with Crippen molar-refractivity contribution in [3.63, 3.8) is 0 Å². The zero-order valence-electron chi connectivity index (χ0n) is 13.5. The summed E-state index contributed by atoms with van der Waals surface area (Å²) in [6, 6.07) is 0. The molecule has 3 nitrogen and oxygen atoms in total. The number of ketones is 1. The summed E-state index contributed by atoms with van der Waals surface area (Å²) in [5.41, 5.74) is 0.138. The van der Waals surface area contributed by atoms with Crippen LogP contribution < -0.4 is 0 Å². The predicted molar refractivity (Wildman–Crippen MR) is 79.7 cm³/mol. The number of hydrogen-bond acceptors (Lipinski definition) is 3. The summed E-state index contributed by atoms with van der Waals surface area (Å²) in [5.74, 6) is 1.08. The molecule has 0 aromatic rings. The van der Waals surface area contributed by atoms with Crippen LogP contribution in [0.15, 0.2) is 0 Å². The summed E-state index contributed by atoms with van der Waals surface area (Å²) in [6.07, 6.45) is 4.42. The van der Waals surface area contributed by atoms with Crippen molar-refractivity contribution in [1.82, 2.24) is 0 Å². The lowest BCUT2D eigenvalue weighted by Crippen LogP contribution is -2.46. The SMILES string of the molecule is CC(CC(=O)C1CCOC2(CCOCC2)C1)C(C)(C)C. The minimum Gasteiger partial charge on any atom is -0.381 e. The lowest BCUT2D eigenvalue weighted by molar-refractivity contribution is -0.157. The molecular weight excluding hydrogens is 252 g/mol. The Bertz CT molecular complexity index is 331. The van der Waals surface area contributed by atoms with Crippen molar-refractivity contribution in [3.05, 3.63) is 0 Å². The molecule has 2 fully saturated rings. The molecule has 3 heteroatoms. The van der Waals surface area contributed by atoms with Gasteiger partial charge in [-0.1, -0.05) is 27.7 Å². The smallest absolute Gasteiger partial charge is 0.136 e. The van der Waals surface area contributed by atoms with E-state index in [1.165, 1.54) is 0 Å². The van der Waals surface area contributed by atoms with Crippen molar-refractivity contribution >= 4 is 5.78 Å². The first-order valence-electron chi connectivity index (χ1n) is 8.07. The first-order valence-corrected chi connectivity index (χ1v) is 8.07. The van der Waals surface area contributed by atoms with Crippen molar-refractivity contribution < 1.29 is 14.3 Å². The molecule has 2 heterocycles. The van der Waals surface area contributed by atoms with Crippen molar-refractivity contribution in [2.24, 2.45) is 17.3 Å². The molecule has 0 amide bonds. The van der Waals surface area contributed by atoms with E-state index in [2.05, 4.69) is 27.7 Å². The Morgan fingerprint density at radius 1 is 1.25 bits per heavy atom. The van der Waals surface area contributed by atoms with E-state index in [4.69, 9.17) is 9.47 Å². The third-order valence-electron chi connectivity index (χ3n) is 5.34. The summed E-state index contributed by atoms with van der Waals surface area (Å²) in [6.45, 7) is 11.1. The number of carbonyl (C=O) groups is 1. The molecule has 2 saturated heterocycles. The van der Waals surface area contributed by atoms with Crippen LogP contribution in [0.3, 0.4) is 0 Å². The van der Waals surface area contributed by atoms with Crippen LogP contribution in [0.2, 0.25) is 0 Å². The maximum Gasteiger partial charge on any atom is 0.136 e. The van der Waals surface area contributed by atoms with Gasteiger partial charge in [-0.05, 0) is 37.0 Å². The van der Waals surface area contributed by atoms with Crippen LogP contribution in [0.4, 0.5) is 0 Å². The maximum atomic E-state index is 12.6. The molecule has 2 aliphatic heterocycles. The molecule has 20 heavy (non-hydrogen) atoms. The highest BCUT2D eigenvalue weighted by atomic mass is 16.5. The normalized spacial score (nSPS) is 28.3. The van der Waals surface area contributed by atoms with Gasteiger partial charge in [0.05, 0.1) is 5.60 Å². The molecule has 2 rings (SSSR count). The second-order valence-electron chi connectivity index (χ2n) is 7.77. The molecular formula is C17H30O3. The molecule has 0 aliphatic carbocycles. The van der Waals surface area contributed by atoms with Crippen molar-refractivity contribution in [2.75, 3.05) is 19.8 Å². The molecule has 2 atom stereocenters. The Morgan fingerprint density at radius 3 is 2.50 bits per heavy atom. The Labute approximate surface area is 123 Å². The van der Waals surface area contributed by atoms with Gasteiger partial charge >= 0.3 is 0 Å². The average Bonchev–Trinajstić information content (AvgIpc) is 2.38. The third kappa shape index (κ3) is 3.82. The van der Waals surface area contributed by atoms with Crippen LogP contribution in [0, 0.1) is 17.3 Å². The Morgan fingerprint density at radius 2 is 1.90 bits per heavy atom. The van der Waals surface area contributed by atoms with E-state index < -0.39 is 0 Å². The molecule has 2 unspecified atom stereocenters. The Balaban J connectivity index is 1.93. The van der Waals surface area contributed by atoms with E-state index in [-0.39, 0.29) is 16.9 Å². The highest BCUT2D eigenvalue weighted by Gasteiger charge is 2.41. The monoisotopic (exact) mass is 282 g/mol. The lowest BCUT2D eigenvalue weighted by Gasteiger charge is -2.43. The summed E-state index contributed by atoms with van der Waals surface area (Å²) < 4.78 is 11.5. The fourth-order valence-corrected chi connectivity index (χ4v) is 3.17. The molecule has 0 radical (unpaired) electrons. The second kappa shape index (κ2) is 6.15. The summed E-state index contributed by atoms with van der Waals surface area (Å²) in [7, 11) is 0. The van der Waals surface area contributed by atoms with Gasteiger partial charge in [0.1, 0.15) is 5.78 Å². The molecule has 2 aliphatic rings. The molecule has 0 N–H and O–H groups in total. The fraction of sp³-hybridized carbons (Fsp3) is 0.941. The standard InChI is InChI=1S/C17H30O3/c1-13(16(2,3)4)11-15(18)14-5-8-20-17(12-14)6-9-19-10-7-17/h13-14H,5-12H2,1-4H3. The van der Waals surface area contributed by atoms with Gasteiger partial charge < -0.3 is 9.47 Å². The Kier molecular flexibility index (Phi) is 4.91. The van der Waals surface area contributed by atoms with E-state index in [9.17, 15) is 4.79 Å². The summed E-state index contributed by atoms with van der Waals surface area (Å²) >= 11 is 0. The van der Waals surface area contributed by atoms with E-state index in [0.717, 1.165) is 45.5 Å². The van der Waals surface area contributed by atoms with Crippen molar-refractivity contribution in [1.29, 1.82) is 0 Å². The van der Waals surface area contributed by atoms with Crippen LogP contribution in [0.25, 0.3) is 0 Å². The van der Waals surface area contributed by atoms with Crippen molar-refractivity contribution in [3.8, 4) is 0 Å². The number of ether oxygens (including phenoxy) is 2. The van der Waals surface area contributed by atoms with E-state index >= 15 is 0 Å². The zero-order valence-corrected chi connectivity index (χ0v) is 13.5.